The minimum Gasteiger partial charge on any atom is -0.487 e. The van der Waals surface area contributed by atoms with Gasteiger partial charge in [-0.3, -0.25) is 5.10 Å². The number of ether oxygens (including phenoxy) is 1. The first-order valence-electron chi connectivity index (χ1n) is 7.35. The van der Waals surface area contributed by atoms with Gasteiger partial charge in [0.2, 0.25) is 0 Å². The van der Waals surface area contributed by atoms with E-state index in [2.05, 4.69) is 43.1 Å². The van der Waals surface area contributed by atoms with Crippen LogP contribution in [0.2, 0.25) is 0 Å². The molecule has 0 amide bonds. The van der Waals surface area contributed by atoms with Gasteiger partial charge in [0, 0.05) is 11.3 Å². The largest absolute Gasteiger partial charge is 0.487 e. The van der Waals surface area contributed by atoms with Crippen molar-refractivity contribution in [3.8, 4) is 5.75 Å². The van der Waals surface area contributed by atoms with Crippen molar-refractivity contribution < 1.29 is 9.84 Å². The van der Waals surface area contributed by atoms with E-state index in [1.165, 1.54) is 5.56 Å². The smallest absolute Gasteiger partial charge is 0.132 e. The van der Waals surface area contributed by atoms with Gasteiger partial charge in [-0.15, -0.1) is 0 Å². The fourth-order valence-corrected chi connectivity index (χ4v) is 2.19. The maximum atomic E-state index is 9.32. The molecule has 0 saturated heterocycles. The van der Waals surface area contributed by atoms with Gasteiger partial charge in [-0.05, 0) is 36.5 Å². The van der Waals surface area contributed by atoms with Gasteiger partial charge in [-0.1, -0.05) is 32.9 Å². The first-order valence-corrected chi connectivity index (χ1v) is 7.35. The van der Waals surface area contributed by atoms with Crippen LogP contribution in [0.1, 0.15) is 49.7 Å². The lowest BCUT2D eigenvalue weighted by Crippen LogP contribution is -2.15. The summed E-state index contributed by atoms with van der Waals surface area (Å²) in [6, 6.07) is 8.21. The number of rotatable bonds is 6. The average molecular weight is 288 g/mol. The van der Waals surface area contributed by atoms with E-state index < -0.39 is 0 Å². The lowest BCUT2D eigenvalue weighted by molar-refractivity contribution is 0.267. The molecule has 4 nitrogen and oxygen atoms in total. The van der Waals surface area contributed by atoms with Crippen LogP contribution in [-0.4, -0.2) is 15.3 Å². The molecule has 0 bridgehead atoms. The number of aryl methyl sites for hydroxylation is 1. The Morgan fingerprint density at radius 3 is 2.48 bits per heavy atom. The lowest BCUT2D eigenvalue weighted by atomic mass is 9.82. The first-order chi connectivity index (χ1) is 9.97. The third-order valence-corrected chi connectivity index (χ3v) is 4.21. The van der Waals surface area contributed by atoms with E-state index >= 15 is 0 Å². The molecule has 1 aromatic heterocycles. The van der Waals surface area contributed by atoms with Gasteiger partial charge in [0.1, 0.15) is 18.1 Å². The maximum Gasteiger partial charge on any atom is 0.132 e. The molecule has 1 heterocycles. The molecule has 0 aliphatic rings. The van der Waals surface area contributed by atoms with E-state index in [1.54, 1.807) is 0 Å². The van der Waals surface area contributed by atoms with Crippen molar-refractivity contribution in [1.82, 2.24) is 10.2 Å². The number of aliphatic hydroxyl groups is 1. The monoisotopic (exact) mass is 288 g/mol. The SMILES string of the molecule is CCC(C)(C)c1ccc(OCc2n[nH]c(C)c2CO)cc1. The molecule has 0 unspecified atom stereocenters. The molecule has 114 valence electrons. The van der Waals surface area contributed by atoms with Gasteiger partial charge in [-0.25, -0.2) is 0 Å². The normalized spacial score (nSPS) is 11.7. The third-order valence-electron chi connectivity index (χ3n) is 4.21. The highest BCUT2D eigenvalue weighted by Gasteiger charge is 2.17. The predicted molar refractivity (Wildman–Crippen MR) is 83.3 cm³/mol. The molecule has 0 aliphatic carbocycles. The van der Waals surface area contributed by atoms with Gasteiger partial charge in [0.25, 0.3) is 0 Å². The number of nitrogens with zero attached hydrogens (tertiary/aromatic N) is 1. The highest BCUT2D eigenvalue weighted by Crippen LogP contribution is 2.28. The molecular weight excluding hydrogens is 264 g/mol. The zero-order chi connectivity index (χ0) is 15.5. The van der Waals surface area contributed by atoms with Gasteiger partial charge in [-0.2, -0.15) is 5.10 Å². The van der Waals surface area contributed by atoms with Crippen molar-refractivity contribution in [3.05, 3.63) is 46.8 Å². The summed E-state index contributed by atoms with van der Waals surface area (Å²) in [4.78, 5) is 0. The minimum atomic E-state index is -0.0232. The molecule has 0 aliphatic heterocycles. The Bertz CT molecular complexity index is 585. The molecule has 21 heavy (non-hydrogen) atoms. The number of aromatic nitrogens is 2. The highest BCUT2D eigenvalue weighted by molar-refractivity contribution is 5.32. The number of nitrogens with one attached hydrogen (secondary N) is 1. The summed E-state index contributed by atoms with van der Waals surface area (Å²) in [6.07, 6.45) is 1.10. The van der Waals surface area contributed by atoms with Gasteiger partial charge < -0.3 is 9.84 Å². The van der Waals surface area contributed by atoms with Crippen LogP contribution in [0.5, 0.6) is 5.75 Å². The molecule has 0 saturated carbocycles. The molecule has 2 rings (SSSR count). The lowest BCUT2D eigenvalue weighted by Gasteiger charge is -2.23. The third kappa shape index (κ3) is 3.45. The summed E-state index contributed by atoms with van der Waals surface area (Å²) >= 11 is 0. The van der Waals surface area contributed by atoms with Crippen molar-refractivity contribution in [2.75, 3.05) is 0 Å². The van der Waals surface area contributed by atoms with E-state index in [9.17, 15) is 5.11 Å². The quantitative estimate of drug-likeness (QED) is 0.855. The Morgan fingerprint density at radius 2 is 1.90 bits per heavy atom. The van der Waals surface area contributed by atoms with E-state index in [-0.39, 0.29) is 12.0 Å². The molecule has 2 N–H and O–H groups in total. The van der Waals surface area contributed by atoms with E-state index in [1.807, 2.05) is 19.1 Å². The Labute approximate surface area is 126 Å². The summed E-state index contributed by atoms with van der Waals surface area (Å²) in [6.45, 7) is 8.90. The second-order valence-electron chi connectivity index (χ2n) is 5.98. The van der Waals surface area contributed by atoms with Crippen molar-refractivity contribution in [3.63, 3.8) is 0 Å². The van der Waals surface area contributed by atoms with Crippen LogP contribution in [0.15, 0.2) is 24.3 Å². The summed E-state index contributed by atoms with van der Waals surface area (Å²) in [5.74, 6) is 0.815. The molecule has 0 fully saturated rings. The fraction of sp³-hybridized carbons (Fsp3) is 0.471. The molecule has 2 aromatic rings. The van der Waals surface area contributed by atoms with Crippen LogP contribution in [-0.2, 0) is 18.6 Å². The predicted octanol–water partition coefficient (Wildman–Crippen LogP) is 3.48. The summed E-state index contributed by atoms with van der Waals surface area (Å²) in [7, 11) is 0. The van der Waals surface area contributed by atoms with E-state index in [4.69, 9.17) is 4.74 Å². The molecule has 0 atom stereocenters. The Balaban J connectivity index is 2.04. The van der Waals surface area contributed by atoms with Crippen molar-refractivity contribution in [2.24, 2.45) is 0 Å². The molecule has 4 heteroatoms. The fourth-order valence-electron chi connectivity index (χ4n) is 2.19. The van der Waals surface area contributed by atoms with Crippen LogP contribution in [0, 0.1) is 6.92 Å². The van der Waals surface area contributed by atoms with Crippen LogP contribution in [0.25, 0.3) is 0 Å². The number of H-pyrrole nitrogens is 1. The van der Waals surface area contributed by atoms with Gasteiger partial charge >= 0.3 is 0 Å². The van der Waals surface area contributed by atoms with E-state index in [0.29, 0.717) is 6.61 Å². The Kier molecular flexibility index (Phi) is 4.68. The van der Waals surface area contributed by atoms with Crippen molar-refractivity contribution in [2.45, 2.75) is 52.7 Å². The molecule has 1 aromatic carbocycles. The van der Waals surface area contributed by atoms with Gasteiger partial charge in [0.05, 0.1) is 6.61 Å². The van der Waals surface area contributed by atoms with E-state index in [0.717, 1.165) is 29.1 Å². The number of aliphatic hydroxyl groups excluding tert-OH is 1. The maximum absolute atomic E-state index is 9.32. The van der Waals surface area contributed by atoms with Crippen molar-refractivity contribution in [1.29, 1.82) is 0 Å². The molecule has 0 spiro atoms. The summed E-state index contributed by atoms with van der Waals surface area (Å²) < 4.78 is 5.76. The minimum absolute atomic E-state index is 0.0232. The van der Waals surface area contributed by atoms with Crippen LogP contribution >= 0.6 is 0 Å². The summed E-state index contributed by atoms with van der Waals surface area (Å²) in [5.41, 5.74) is 3.95. The highest BCUT2D eigenvalue weighted by atomic mass is 16.5. The van der Waals surface area contributed by atoms with Crippen LogP contribution in [0.3, 0.4) is 0 Å². The van der Waals surface area contributed by atoms with Crippen LogP contribution < -0.4 is 4.74 Å². The Morgan fingerprint density at radius 1 is 1.24 bits per heavy atom. The number of aromatic amines is 1. The number of hydrogen-bond donors (Lipinski definition) is 2. The van der Waals surface area contributed by atoms with Gasteiger partial charge in [0.15, 0.2) is 0 Å². The number of hydrogen-bond acceptors (Lipinski definition) is 3. The molecule has 0 radical (unpaired) electrons. The Hall–Kier alpha value is -1.81. The first kappa shape index (κ1) is 15.6. The zero-order valence-corrected chi connectivity index (χ0v) is 13.2. The standard InChI is InChI=1S/C17H24N2O2/c1-5-17(3,4)13-6-8-14(9-7-13)21-11-16-15(10-20)12(2)18-19-16/h6-9,20H,5,10-11H2,1-4H3,(H,18,19). The number of benzene rings is 1. The second kappa shape index (κ2) is 6.31. The zero-order valence-electron chi connectivity index (χ0n) is 13.2. The van der Waals surface area contributed by atoms with Crippen molar-refractivity contribution >= 4 is 0 Å². The van der Waals surface area contributed by atoms with Crippen LogP contribution in [0.4, 0.5) is 0 Å². The molecular formula is C17H24N2O2. The second-order valence-corrected chi connectivity index (χ2v) is 5.98. The summed E-state index contributed by atoms with van der Waals surface area (Å²) in [5, 5.41) is 16.4. The average Bonchev–Trinajstić information content (AvgIpc) is 2.85. The topological polar surface area (TPSA) is 58.1 Å².